The van der Waals surface area contributed by atoms with Crippen molar-refractivity contribution in [3.63, 3.8) is 0 Å². The lowest BCUT2D eigenvalue weighted by Gasteiger charge is -2.28. The summed E-state index contributed by atoms with van der Waals surface area (Å²) in [5.41, 5.74) is 6.59. The van der Waals surface area contributed by atoms with Gasteiger partial charge in [0, 0.05) is 25.6 Å². The molecule has 2 rings (SSSR count). The Morgan fingerprint density at radius 1 is 1.44 bits per heavy atom. The molecule has 2 atom stereocenters. The Morgan fingerprint density at radius 3 is 2.61 bits per heavy atom. The van der Waals surface area contributed by atoms with Gasteiger partial charge in [0.05, 0.1) is 6.04 Å². The summed E-state index contributed by atoms with van der Waals surface area (Å²) < 4.78 is 12.9. The van der Waals surface area contributed by atoms with E-state index in [4.69, 9.17) is 10.8 Å². The molecule has 0 aliphatic carbocycles. The first kappa shape index (κ1) is 13.0. The van der Waals surface area contributed by atoms with Gasteiger partial charge in [0.2, 0.25) is 5.91 Å². The number of aliphatic hydroxyl groups excluding tert-OH is 1. The number of likely N-dealkylation sites (tertiary alicyclic amines) is 1. The highest BCUT2D eigenvalue weighted by molar-refractivity contribution is 5.79. The Balaban J connectivity index is 2.22. The molecule has 1 aliphatic heterocycles. The average molecular weight is 252 g/mol. The second kappa shape index (κ2) is 5.46. The Labute approximate surface area is 105 Å². The van der Waals surface area contributed by atoms with Crippen LogP contribution in [-0.2, 0) is 4.79 Å². The Morgan fingerprint density at radius 2 is 2.11 bits per heavy atom. The lowest BCUT2D eigenvalue weighted by molar-refractivity contribution is -0.130. The van der Waals surface area contributed by atoms with E-state index >= 15 is 0 Å². The Bertz CT molecular complexity index is 422. The van der Waals surface area contributed by atoms with Gasteiger partial charge in [-0.05, 0) is 24.1 Å². The van der Waals surface area contributed by atoms with Gasteiger partial charge in [-0.15, -0.1) is 0 Å². The standard InChI is InChI=1S/C13H17FN2O2/c14-10-3-1-9(2-4-10)12(5-6-17)16-8-11(15)7-13(16)18/h1-4,11-12,17H,5-8,15H2. The van der Waals surface area contributed by atoms with Gasteiger partial charge in [0.1, 0.15) is 5.82 Å². The third-order valence-electron chi connectivity index (χ3n) is 3.22. The van der Waals surface area contributed by atoms with E-state index in [0.717, 1.165) is 5.56 Å². The fourth-order valence-electron chi connectivity index (χ4n) is 2.37. The van der Waals surface area contributed by atoms with Crippen molar-refractivity contribution in [2.45, 2.75) is 24.9 Å². The molecule has 1 amide bonds. The summed E-state index contributed by atoms with van der Waals surface area (Å²) in [6, 6.07) is 5.63. The molecular formula is C13H17FN2O2. The van der Waals surface area contributed by atoms with E-state index in [2.05, 4.69) is 0 Å². The number of carbonyl (C=O) groups excluding carboxylic acids is 1. The van der Waals surface area contributed by atoms with E-state index in [-0.39, 0.29) is 30.4 Å². The van der Waals surface area contributed by atoms with Crippen molar-refractivity contribution in [3.05, 3.63) is 35.6 Å². The van der Waals surface area contributed by atoms with E-state index < -0.39 is 0 Å². The van der Waals surface area contributed by atoms with Crippen molar-refractivity contribution in [2.24, 2.45) is 5.73 Å². The first-order valence-electron chi connectivity index (χ1n) is 6.03. The number of benzene rings is 1. The van der Waals surface area contributed by atoms with Gasteiger partial charge in [-0.2, -0.15) is 0 Å². The predicted molar refractivity (Wildman–Crippen MR) is 65.1 cm³/mol. The van der Waals surface area contributed by atoms with Crippen LogP contribution in [0.4, 0.5) is 4.39 Å². The molecule has 5 heteroatoms. The van der Waals surface area contributed by atoms with Crippen LogP contribution in [0, 0.1) is 5.82 Å². The quantitative estimate of drug-likeness (QED) is 0.833. The third kappa shape index (κ3) is 2.68. The minimum atomic E-state index is -0.314. The summed E-state index contributed by atoms with van der Waals surface area (Å²) in [6.45, 7) is 0.460. The van der Waals surface area contributed by atoms with Gasteiger partial charge in [0.25, 0.3) is 0 Å². The normalized spacial score (nSPS) is 21.4. The molecule has 1 heterocycles. The average Bonchev–Trinajstić information content (AvgIpc) is 2.67. The molecule has 1 aromatic carbocycles. The van der Waals surface area contributed by atoms with Crippen LogP contribution >= 0.6 is 0 Å². The number of hydrogen-bond acceptors (Lipinski definition) is 3. The topological polar surface area (TPSA) is 66.6 Å². The lowest BCUT2D eigenvalue weighted by atomic mass is 10.0. The zero-order valence-electron chi connectivity index (χ0n) is 10.1. The molecule has 18 heavy (non-hydrogen) atoms. The third-order valence-corrected chi connectivity index (χ3v) is 3.22. The van der Waals surface area contributed by atoms with Crippen molar-refractivity contribution in [2.75, 3.05) is 13.2 Å². The number of amides is 1. The highest BCUT2D eigenvalue weighted by Gasteiger charge is 2.32. The maximum atomic E-state index is 12.9. The fourth-order valence-corrected chi connectivity index (χ4v) is 2.37. The Kier molecular flexibility index (Phi) is 3.93. The van der Waals surface area contributed by atoms with E-state index in [1.165, 1.54) is 12.1 Å². The lowest BCUT2D eigenvalue weighted by Crippen LogP contribution is -2.32. The van der Waals surface area contributed by atoms with Crippen molar-refractivity contribution >= 4 is 5.91 Å². The molecule has 1 aromatic rings. The molecule has 0 bridgehead atoms. The number of carbonyl (C=O) groups is 1. The maximum absolute atomic E-state index is 12.9. The second-order valence-electron chi connectivity index (χ2n) is 4.59. The minimum absolute atomic E-state index is 0.00900. The molecule has 1 aliphatic rings. The van der Waals surface area contributed by atoms with Crippen LogP contribution in [0.15, 0.2) is 24.3 Å². The van der Waals surface area contributed by atoms with E-state index in [1.807, 2.05) is 0 Å². The van der Waals surface area contributed by atoms with Crippen LogP contribution in [0.1, 0.15) is 24.4 Å². The predicted octanol–water partition coefficient (Wildman–Crippen LogP) is 0.809. The summed E-state index contributed by atoms with van der Waals surface area (Å²) in [5.74, 6) is -0.323. The van der Waals surface area contributed by atoms with E-state index in [9.17, 15) is 9.18 Å². The summed E-state index contributed by atoms with van der Waals surface area (Å²) in [7, 11) is 0. The zero-order chi connectivity index (χ0) is 13.1. The SMILES string of the molecule is NC1CC(=O)N(C(CCO)c2ccc(F)cc2)C1. The van der Waals surface area contributed by atoms with E-state index in [0.29, 0.717) is 19.4 Å². The molecule has 0 saturated carbocycles. The van der Waals surface area contributed by atoms with Crippen LogP contribution in [0.25, 0.3) is 0 Å². The minimum Gasteiger partial charge on any atom is -0.396 e. The smallest absolute Gasteiger partial charge is 0.224 e. The Hall–Kier alpha value is -1.46. The highest BCUT2D eigenvalue weighted by atomic mass is 19.1. The molecule has 3 N–H and O–H groups in total. The van der Waals surface area contributed by atoms with Crippen LogP contribution < -0.4 is 5.73 Å². The number of rotatable bonds is 4. The number of hydrogen-bond donors (Lipinski definition) is 2. The maximum Gasteiger partial charge on any atom is 0.224 e. The van der Waals surface area contributed by atoms with Crippen LogP contribution in [0.5, 0.6) is 0 Å². The first-order chi connectivity index (χ1) is 8.61. The van der Waals surface area contributed by atoms with Crippen molar-refractivity contribution in [3.8, 4) is 0 Å². The van der Waals surface area contributed by atoms with Gasteiger partial charge in [-0.3, -0.25) is 4.79 Å². The molecule has 0 radical (unpaired) electrons. The van der Waals surface area contributed by atoms with Gasteiger partial charge < -0.3 is 15.7 Å². The molecule has 2 unspecified atom stereocenters. The van der Waals surface area contributed by atoms with E-state index in [1.54, 1.807) is 17.0 Å². The molecule has 98 valence electrons. The summed E-state index contributed by atoms with van der Waals surface area (Å²) in [6.07, 6.45) is 0.771. The molecule has 1 fully saturated rings. The number of nitrogens with zero attached hydrogens (tertiary/aromatic N) is 1. The zero-order valence-corrected chi connectivity index (χ0v) is 10.1. The molecule has 0 spiro atoms. The van der Waals surface area contributed by atoms with Gasteiger partial charge in [-0.25, -0.2) is 4.39 Å². The van der Waals surface area contributed by atoms with Crippen molar-refractivity contribution in [1.82, 2.24) is 4.90 Å². The largest absolute Gasteiger partial charge is 0.396 e. The van der Waals surface area contributed by atoms with Crippen molar-refractivity contribution < 1.29 is 14.3 Å². The van der Waals surface area contributed by atoms with Gasteiger partial charge >= 0.3 is 0 Å². The molecule has 0 aromatic heterocycles. The van der Waals surface area contributed by atoms with Crippen molar-refractivity contribution in [1.29, 1.82) is 0 Å². The van der Waals surface area contributed by atoms with Crippen LogP contribution in [0.2, 0.25) is 0 Å². The van der Waals surface area contributed by atoms with Crippen LogP contribution in [0.3, 0.4) is 0 Å². The fraction of sp³-hybridized carbons (Fsp3) is 0.462. The number of nitrogens with two attached hydrogens (primary N) is 1. The highest BCUT2D eigenvalue weighted by Crippen LogP contribution is 2.28. The van der Waals surface area contributed by atoms with Gasteiger partial charge in [-0.1, -0.05) is 12.1 Å². The summed E-state index contributed by atoms with van der Waals surface area (Å²) >= 11 is 0. The number of aliphatic hydroxyl groups is 1. The monoisotopic (exact) mass is 252 g/mol. The second-order valence-corrected chi connectivity index (χ2v) is 4.59. The molecule has 4 nitrogen and oxygen atoms in total. The van der Waals surface area contributed by atoms with Gasteiger partial charge in [0.15, 0.2) is 0 Å². The summed E-state index contributed by atoms with van der Waals surface area (Å²) in [5, 5.41) is 9.12. The molecular weight excluding hydrogens is 235 g/mol. The number of halogens is 1. The van der Waals surface area contributed by atoms with Crippen LogP contribution in [-0.4, -0.2) is 35.1 Å². The summed E-state index contributed by atoms with van der Waals surface area (Å²) in [4.78, 5) is 13.5. The first-order valence-corrected chi connectivity index (χ1v) is 6.03. The molecule has 1 saturated heterocycles.